The summed E-state index contributed by atoms with van der Waals surface area (Å²) in [4.78, 5) is 0. The molecule has 4 heavy (non-hydrogen) atoms. The van der Waals surface area contributed by atoms with E-state index in [0.29, 0.717) is 0 Å². The van der Waals surface area contributed by atoms with Crippen molar-refractivity contribution in [3.05, 3.63) is 6.92 Å². The van der Waals surface area contributed by atoms with Crippen LogP contribution in [-0.2, 0) is 5.11 Å². The van der Waals surface area contributed by atoms with E-state index in [1.807, 2.05) is 0 Å². The van der Waals surface area contributed by atoms with Crippen LogP contribution >= 0.6 is 0 Å². The van der Waals surface area contributed by atoms with E-state index in [9.17, 15) is 0 Å². The summed E-state index contributed by atoms with van der Waals surface area (Å²) in [5, 5.41) is 16.4. The van der Waals surface area contributed by atoms with Crippen LogP contribution in [0.5, 0.6) is 0 Å². The lowest BCUT2D eigenvalue weighted by Gasteiger charge is -1.75. The first-order valence-electron chi connectivity index (χ1n) is 0.902. The monoisotopic (exact) mass is 60.0 g/mol. The van der Waals surface area contributed by atoms with Crippen LogP contribution in [0.4, 0.5) is 0 Å². The molecule has 0 aromatic rings. The molecule has 2 nitrogen and oxygen atoms in total. The van der Waals surface area contributed by atoms with E-state index in [0.717, 1.165) is 0 Å². The molecule has 0 spiro atoms. The fourth-order valence-corrected chi connectivity index (χ4v) is 0. The van der Waals surface area contributed by atoms with Gasteiger partial charge in [0.15, 0.2) is 6.29 Å². The van der Waals surface area contributed by atoms with Gasteiger partial charge in [-0.3, -0.25) is 0 Å². The molecule has 24 valence electrons. The third-order valence-corrected chi connectivity index (χ3v) is 0. The summed E-state index contributed by atoms with van der Waals surface area (Å²) in [6.07, 6.45) is -1.67. The second kappa shape index (κ2) is 1.26. The highest BCUT2D eigenvalue weighted by molar-refractivity contribution is 4.27. The molecule has 0 aliphatic heterocycles. The summed E-state index contributed by atoms with van der Waals surface area (Å²) >= 11 is 0. The Kier molecular flexibility index (Phi) is 1.24. The number of hydrogen-bond donors (Lipinski definition) is 1. The van der Waals surface area contributed by atoms with Gasteiger partial charge in [0, 0.05) is 6.92 Å². The zero-order chi connectivity index (χ0) is 3.58. The number of rotatable bonds is 0. The highest BCUT2D eigenvalue weighted by atomic mass is 16.5. The highest BCUT2D eigenvalue weighted by Gasteiger charge is 1.75. The zero-order valence-corrected chi connectivity index (χ0v) is 2.14. The van der Waals surface area contributed by atoms with Crippen molar-refractivity contribution < 1.29 is 10.2 Å². The molecule has 0 fully saturated rings. The van der Waals surface area contributed by atoms with Crippen molar-refractivity contribution in [1.82, 2.24) is 0 Å². The van der Waals surface area contributed by atoms with Gasteiger partial charge in [-0.2, -0.15) is 0 Å². The van der Waals surface area contributed by atoms with E-state index in [1.165, 1.54) is 0 Å². The Hall–Kier alpha value is -0.0800. The Morgan fingerprint density at radius 3 is 2.00 bits per heavy atom. The summed E-state index contributed by atoms with van der Waals surface area (Å²) in [5.41, 5.74) is 0. The van der Waals surface area contributed by atoms with Crippen LogP contribution < -0.4 is 0 Å². The molecule has 0 saturated heterocycles. The predicted molar refractivity (Wildman–Crippen MR) is 12.1 cm³/mol. The lowest BCUT2D eigenvalue weighted by Crippen LogP contribution is -1.89. The number of aliphatic hydroxyl groups excluding tert-OH is 1. The second-order valence-electron chi connectivity index (χ2n) is 0.455. The second-order valence-corrected chi connectivity index (χ2v) is 0.455. The molecule has 2 heteroatoms. The van der Waals surface area contributed by atoms with Crippen molar-refractivity contribution in [2.45, 2.75) is 6.29 Å². The fraction of sp³-hybridized carbons (Fsp3) is 0.500. The maximum atomic E-state index is 8.97. The lowest BCUT2D eigenvalue weighted by molar-refractivity contribution is -0.0548. The van der Waals surface area contributed by atoms with E-state index in [1.54, 1.807) is 0 Å². The Bertz CT molecular complexity index is 8.75. The van der Waals surface area contributed by atoms with Gasteiger partial charge in [0.05, 0.1) is 0 Å². The van der Waals surface area contributed by atoms with E-state index >= 15 is 0 Å². The van der Waals surface area contributed by atoms with Gasteiger partial charge < -0.3 is 5.11 Å². The summed E-state index contributed by atoms with van der Waals surface area (Å²) in [5.74, 6) is 0. The standard InChI is InChI=1S/C2H4O2/c1-2(3)4/h2-3H,1H2. The van der Waals surface area contributed by atoms with E-state index in [-0.39, 0.29) is 0 Å². The summed E-state index contributed by atoms with van der Waals surface area (Å²) in [6, 6.07) is 0. The van der Waals surface area contributed by atoms with Crippen LogP contribution in [0, 0.1) is 6.92 Å². The maximum Gasteiger partial charge on any atom is 0.188 e. The van der Waals surface area contributed by atoms with Crippen molar-refractivity contribution in [2.24, 2.45) is 0 Å². The van der Waals surface area contributed by atoms with Crippen LogP contribution in [0.1, 0.15) is 0 Å². The molecule has 0 aliphatic rings. The largest absolute Gasteiger partial charge is 0.366 e. The zero-order valence-electron chi connectivity index (χ0n) is 2.14. The van der Waals surface area contributed by atoms with Gasteiger partial charge in [-0.25, -0.2) is 5.11 Å². The average Bonchev–Trinajstić information content (AvgIpc) is 0.811. The van der Waals surface area contributed by atoms with Gasteiger partial charge in [0.25, 0.3) is 0 Å². The molecule has 0 bridgehead atoms. The average molecular weight is 60.1 g/mol. The number of aliphatic hydroxyl groups is 1. The topological polar surface area (TPSA) is 40.1 Å². The van der Waals surface area contributed by atoms with E-state index < -0.39 is 6.29 Å². The summed E-state index contributed by atoms with van der Waals surface area (Å²) < 4.78 is 0. The quantitative estimate of drug-likeness (QED) is 0.378. The Labute approximate surface area is 24.7 Å². The molecule has 0 rings (SSSR count). The normalized spacial score (nSPS) is 9.00. The molecule has 0 saturated carbocycles. The maximum absolute atomic E-state index is 8.97. The van der Waals surface area contributed by atoms with Crippen LogP contribution in [0.25, 0.3) is 0 Å². The first kappa shape index (κ1) is 3.92. The van der Waals surface area contributed by atoms with E-state index in [4.69, 9.17) is 10.2 Å². The molecule has 0 amide bonds. The molecule has 2 radical (unpaired) electrons. The SMILES string of the molecule is [CH2]C([O])O. The minimum absolute atomic E-state index is 1.67. The molecule has 1 unspecified atom stereocenters. The highest BCUT2D eigenvalue weighted by Crippen LogP contribution is 1.58. The van der Waals surface area contributed by atoms with E-state index in [2.05, 4.69) is 6.92 Å². The van der Waals surface area contributed by atoms with Crippen molar-refractivity contribution in [3.63, 3.8) is 0 Å². The van der Waals surface area contributed by atoms with Gasteiger partial charge in [-0.05, 0) is 0 Å². The Balaban J connectivity index is 2.32. The molecule has 0 aromatic heterocycles. The molecular weight excluding hydrogens is 56.0 g/mol. The lowest BCUT2D eigenvalue weighted by atomic mass is 10.8. The van der Waals surface area contributed by atoms with Crippen LogP contribution in [0.3, 0.4) is 0 Å². The molecule has 0 aliphatic carbocycles. The van der Waals surface area contributed by atoms with Crippen molar-refractivity contribution in [2.75, 3.05) is 0 Å². The molecule has 1 N–H and O–H groups in total. The molecule has 0 aromatic carbocycles. The minimum Gasteiger partial charge on any atom is -0.366 e. The Morgan fingerprint density at radius 1 is 2.00 bits per heavy atom. The first-order chi connectivity index (χ1) is 1.73. The van der Waals surface area contributed by atoms with Crippen LogP contribution in [0.15, 0.2) is 0 Å². The smallest absolute Gasteiger partial charge is 0.188 e. The molecule has 0 heterocycles. The van der Waals surface area contributed by atoms with Gasteiger partial charge in [-0.15, -0.1) is 0 Å². The fourth-order valence-electron chi connectivity index (χ4n) is 0. The predicted octanol–water partition coefficient (Wildman–Crippen LogP) is -0.431. The van der Waals surface area contributed by atoms with Gasteiger partial charge in [-0.1, -0.05) is 0 Å². The number of hydrogen-bond acceptors (Lipinski definition) is 1. The van der Waals surface area contributed by atoms with Crippen LogP contribution in [-0.4, -0.2) is 11.4 Å². The summed E-state index contributed by atoms with van der Waals surface area (Å²) in [6.45, 7) is 2.64. The molecular formula is C2H4O2. The van der Waals surface area contributed by atoms with Gasteiger partial charge >= 0.3 is 0 Å². The van der Waals surface area contributed by atoms with Crippen molar-refractivity contribution in [3.8, 4) is 0 Å². The van der Waals surface area contributed by atoms with Gasteiger partial charge in [0.1, 0.15) is 0 Å². The van der Waals surface area contributed by atoms with Crippen molar-refractivity contribution >= 4 is 0 Å². The van der Waals surface area contributed by atoms with Gasteiger partial charge in [0.2, 0.25) is 0 Å². The summed E-state index contributed by atoms with van der Waals surface area (Å²) in [7, 11) is 0. The third kappa shape index (κ3) is 254. The van der Waals surface area contributed by atoms with Crippen molar-refractivity contribution in [1.29, 1.82) is 0 Å². The third-order valence-electron chi connectivity index (χ3n) is 0. The molecule has 1 atom stereocenters. The van der Waals surface area contributed by atoms with Crippen LogP contribution in [0.2, 0.25) is 0 Å². The first-order valence-corrected chi connectivity index (χ1v) is 0.902. The Morgan fingerprint density at radius 2 is 2.00 bits per heavy atom. The minimum atomic E-state index is -1.67.